The second kappa shape index (κ2) is 10.1. The summed E-state index contributed by atoms with van der Waals surface area (Å²) in [4.78, 5) is 16.5. The Morgan fingerprint density at radius 2 is 1.78 bits per heavy atom. The zero-order valence-corrected chi connectivity index (χ0v) is 21.3. The fraction of sp³-hybridized carbons (Fsp3) is 0.333. The van der Waals surface area contributed by atoms with E-state index < -0.39 is 27.6 Å². The standard InChI is InChI=1S/C24H22Cl2F3N3O3S/c1-36(34,35)16-6-7-17(19(26)11-16)23(33)31-15-4-2-3-14(10-15)30-21-12-22(24(27,28)29)32-20-8-5-13(25)9-18(20)21/h5-9,11-12,14-15H,2-4,10H2,1H3,(H,30,32)(H,31,33)/t14-,15+/m0/s1. The number of alkyl halides is 3. The van der Waals surface area contributed by atoms with E-state index in [9.17, 15) is 26.4 Å². The van der Waals surface area contributed by atoms with E-state index in [0.717, 1.165) is 18.7 Å². The Balaban J connectivity index is 1.52. The summed E-state index contributed by atoms with van der Waals surface area (Å²) in [6, 6.07) is 8.92. The third-order valence-electron chi connectivity index (χ3n) is 6.04. The van der Waals surface area contributed by atoms with Crippen LogP contribution in [0.3, 0.4) is 0 Å². The molecule has 0 bridgehead atoms. The van der Waals surface area contributed by atoms with Crippen molar-refractivity contribution in [2.75, 3.05) is 11.6 Å². The van der Waals surface area contributed by atoms with Crippen LogP contribution in [0.1, 0.15) is 41.7 Å². The minimum atomic E-state index is -4.61. The summed E-state index contributed by atoms with van der Waals surface area (Å²) < 4.78 is 63.7. The van der Waals surface area contributed by atoms with Crippen LogP contribution in [-0.4, -0.2) is 37.6 Å². The number of anilines is 1. The third-order valence-corrected chi connectivity index (χ3v) is 7.70. The maximum absolute atomic E-state index is 13.4. The molecule has 1 fully saturated rings. The Labute approximate surface area is 216 Å². The number of benzene rings is 2. The van der Waals surface area contributed by atoms with Gasteiger partial charge in [-0.1, -0.05) is 23.2 Å². The summed E-state index contributed by atoms with van der Waals surface area (Å²) in [5, 5.41) is 6.97. The van der Waals surface area contributed by atoms with E-state index in [1.807, 2.05) is 0 Å². The Morgan fingerprint density at radius 3 is 2.44 bits per heavy atom. The Hall–Kier alpha value is -2.56. The van der Waals surface area contributed by atoms with Gasteiger partial charge in [0.2, 0.25) is 0 Å². The molecule has 1 amide bonds. The molecule has 0 aliphatic heterocycles. The Bertz CT molecular complexity index is 1430. The van der Waals surface area contributed by atoms with Crippen LogP contribution >= 0.6 is 23.2 Å². The van der Waals surface area contributed by atoms with E-state index in [2.05, 4.69) is 15.6 Å². The minimum absolute atomic E-state index is 0.00823. The molecule has 12 heteroatoms. The van der Waals surface area contributed by atoms with Gasteiger partial charge >= 0.3 is 6.18 Å². The number of fused-ring (bicyclic) bond motifs is 1. The summed E-state index contributed by atoms with van der Waals surface area (Å²) >= 11 is 12.2. The average molecular weight is 560 g/mol. The average Bonchev–Trinajstić information content (AvgIpc) is 2.78. The lowest BCUT2D eigenvalue weighted by Gasteiger charge is -2.31. The quantitative estimate of drug-likeness (QED) is 0.393. The highest BCUT2D eigenvalue weighted by molar-refractivity contribution is 7.90. The molecule has 2 aromatic carbocycles. The smallest absolute Gasteiger partial charge is 0.382 e. The van der Waals surface area contributed by atoms with Gasteiger partial charge < -0.3 is 10.6 Å². The van der Waals surface area contributed by atoms with Crippen molar-refractivity contribution >= 4 is 55.5 Å². The van der Waals surface area contributed by atoms with Crippen molar-refractivity contribution in [2.45, 2.75) is 48.8 Å². The summed E-state index contributed by atoms with van der Waals surface area (Å²) in [6.07, 6.45) is -0.984. The number of amides is 1. The fourth-order valence-corrected chi connectivity index (χ4v) is 5.46. The van der Waals surface area contributed by atoms with Crippen LogP contribution in [0.25, 0.3) is 10.9 Å². The van der Waals surface area contributed by atoms with Gasteiger partial charge in [-0.3, -0.25) is 4.79 Å². The van der Waals surface area contributed by atoms with Gasteiger partial charge in [0.15, 0.2) is 9.84 Å². The summed E-state index contributed by atoms with van der Waals surface area (Å²) in [7, 11) is -3.47. The van der Waals surface area contributed by atoms with E-state index in [-0.39, 0.29) is 38.8 Å². The van der Waals surface area contributed by atoms with Gasteiger partial charge in [0, 0.05) is 34.4 Å². The maximum atomic E-state index is 13.4. The second-order valence-corrected chi connectivity index (χ2v) is 11.7. The van der Waals surface area contributed by atoms with Gasteiger partial charge in [0.25, 0.3) is 5.91 Å². The maximum Gasteiger partial charge on any atom is 0.433 e. The lowest BCUT2D eigenvalue weighted by molar-refractivity contribution is -0.140. The lowest BCUT2D eigenvalue weighted by Crippen LogP contribution is -2.42. The number of sulfone groups is 1. The molecule has 0 spiro atoms. The number of nitrogens with one attached hydrogen (secondary N) is 2. The molecule has 1 saturated carbocycles. The molecule has 1 heterocycles. The summed E-state index contributed by atoms with van der Waals surface area (Å²) in [6.45, 7) is 0. The molecule has 2 N–H and O–H groups in total. The SMILES string of the molecule is CS(=O)(=O)c1ccc(C(=O)N[C@@H]2CCC[C@H](Nc3cc(C(F)(F)F)nc4ccc(Cl)cc34)C2)c(Cl)c1. The number of pyridine rings is 1. The van der Waals surface area contributed by atoms with E-state index >= 15 is 0 Å². The number of carbonyl (C=O) groups is 1. The van der Waals surface area contributed by atoms with Crippen LogP contribution in [-0.2, 0) is 16.0 Å². The van der Waals surface area contributed by atoms with Crippen molar-refractivity contribution in [1.82, 2.24) is 10.3 Å². The highest BCUT2D eigenvalue weighted by atomic mass is 35.5. The van der Waals surface area contributed by atoms with Gasteiger partial charge in [0.05, 0.1) is 21.0 Å². The topological polar surface area (TPSA) is 88.2 Å². The summed E-state index contributed by atoms with van der Waals surface area (Å²) in [5.41, 5.74) is -0.424. The number of nitrogens with zero attached hydrogens (tertiary/aromatic N) is 1. The zero-order valence-electron chi connectivity index (χ0n) is 19.0. The largest absolute Gasteiger partial charge is 0.433 e. The third kappa shape index (κ3) is 6.04. The summed E-state index contributed by atoms with van der Waals surface area (Å²) in [5.74, 6) is -0.453. The first-order valence-corrected chi connectivity index (χ1v) is 13.7. The van der Waals surface area contributed by atoms with Crippen LogP contribution in [0, 0.1) is 0 Å². The molecule has 1 aromatic heterocycles. The molecule has 6 nitrogen and oxygen atoms in total. The van der Waals surface area contributed by atoms with Crippen LogP contribution in [0.4, 0.5) is 18.9 Å². The van der Waals surface area contributed by atoms with Crippen molar-refractivity contribution in [2.24, 2.45) is 0 Å². The highest BCUT2D eigenvalue weighted by Gasteiger charge is 2.34. The van der Waals surface area contributed by atoms with Crippen molar-refractivity contribution in [1.29, 1.82) is 0 Å². The van der Waals surface area contributed by atoms with Gasteiger partial charge in [-0.2, -0.15) is 13.2 Å². The van der Waals surface area contributed by atoms with Crippen LogP contribution in [0.2, 0.25) is 10.0 Å². The van der Waals surface area contributed by atoms with Gasteiger partial charge in [-0.25, -0.2) is 13.4 Å². The zero-order chi connectivity index (χ0) is 26.3. The molecule has 3 aromatic rings. The van der Waals surface area contributed by atoms with Crippen molar-refractivity contribution in [3.05, 3.63) is 63.8 Å². The molecule has 0 saturated heterocycles. The molecule has 2 atom stereocenters. The molecule has 1 aliphatic rings. The Kier molecular flexibility index (Phi) is 7.41. The van der Waals surface area contributed by atoms with E-state index in [1.54, 1.807) is 6.07 Å². The molecular formula is C24H22Cl2F3N3O3S. The van der Waals surface area contributed by atoms with E-state index in [4.69, 9.17) is 23.2 Å². The molecule has 0 unspecified atom stereocenters. The molecule has 4 rings (SSSR count). The number of halogens is 5. The predicted molar refractivity (Wildman–Crippen MR) is 133 cm³/mol. The number of hydrogen-bond donors (Lipinski definition) is 2. The molecule has 192 valence electrons. The number of hydrogen-bond acceptors (Lipinski definition) is 5. The van der Waals surface area contributed by atoms with Gasteiger partial charge in [0.1, 0.15) is 5.69 Å². The highest BCUT2D eigenvalue weighted by Crippen LogP contribution is 2.35. The predicted octanol–water partition coefficient (Wildman–Crippen LogP) is 6.12. The Morgan fingerprint density at radius 1 is 1.06 bits per heavy atom. The first-order chi connectivity index (χ1) is 16.8. The normalized spacial score (nSPS) is 18.7. The lowest BCUT2D eigenvalue weighted by atomic mass is 9.90. The van der Waals surface area contributed by atoms with E-state index in [1.165, 1.54) is 30.3 Å². The number of carbonyl (C=O) groups excluding carboxylic acids is 1. The van der Waals surface area contributed by atoms with Crippen LogP contribution < -0.4 is 10.6 Å². The van der Waals surface area contributed by atoms with Gasteiger partial charge in [-0.15, -0.1) is 0 Å². The van der Waals surface area contributed by atoms with Crippen molar-refractivity contribution in [3.8, 4) is 0 Å². The number of aromatic nitrogens is 1. The molecule has 36 heavy (non-hydrogen) atoms. The first-order valence-electron chi connectivity index (χ1n) is 11.1. The van der Waals surface area contributed by atoms with E-state index in [0.29, 0.717) is 29.7 Å². The first kappa shape index (κ1) is 26.5. The minimum Gasteiger partial charge on any atom is -0.382 e. The molecular weight excluding hydrogens is 538 g/mol. The van der Waals surface area contributed by atoms with Crippen LogP contribution in [0.15, 0.2) is 47.4 Å². The molecule has 1 aliphatic carbocycles. The fourth-order valence-electron chi connectivity index (χ4n) is 4.31. The van der Waals surface area contributed by atoms with Crippen LogP contribution in [0.5, 0.6) is 0 Å². The number of rotatable bonds is 5. The van der Waals surface area contributed by atoms with Crippen molar-refractivity contribution < 1.29 is 26.4 Å². The second-order valence-electron chi connectivity index (χ2n) is 8.81. The molecule has 0 radical (unpaired) electrons. The van der Waals surface area contributed by atoms with Gasteiger partial charge in [-0.05, 0) is 68.1 Å². The monoisotopic (exact) mass is 559 g/mol. The van der Waals surface area contributed by atoms with Crippen molar-refractivity contribution in [3.63, 3.8) is 0 Å².